The molecule has 1 unspecified atom stereocenters. The van der Waals surface area contributed by atoms with Crippen molar-refractivity contribution < 1.29 is 14.3 Å². The second kappa shape index (κ2) is 5.20. The first-order chi connectivity index (χ1) is 8.15. The summed E-state index contributed by atoms with van der Waals surface area (Å²) in [5.74, 6) is -0.443. The van der Waals surface area contributed by atoms with E-state index >= 15 is 0 Å². The van der Waals surface area contributed by atoms with Gasteiger partial charge in [0, 0.05) is 20.2 Å². The fourth-order valence-electron chi connectivity index (χ4n) is 1.74. The van der Waals surface area contributed by atoms with E-state index in [4.69, 9.17) is 16.3 Å². The number of methoxy groups -OCH3 is 2. The molecule has 7 heteroatoms. The molecule has 2 rings (SSSR count). The third kappa shape index (κ3) is 2.53. The maximum atomic E-state index is 11.4. The first-order valence-corrected chi connectivity index (χ1v) is 6.37. The Balaban J connectivity index is 2.15. The minimum atomic E-state index is -0.443. The molecule has 2 heterocycles. The average molecular weight is 277 g/mol. The standard InChI is InChI=1S/C10H13ClN2O3S/c1-15-6-3-4-13(5-6)10-12-8(11)7(17-10)9(14)16-2/h6H,3-5H2,1-2H3. The number of nitrogens with zero attached hydrogens (tertiary/aromatic N) is 2. The van der Waals surface area contributed by atoms with Crippen LogP contribution in [0.15, 0.2) is 0 Å². The van der Waals surface area contributed by atoms with Crippen LogP contribution < -0.4 is 4.90 Å². The highest BCUT2D eigenvalue weighted by Crippen LogP contribution is 2.32. The van der Waals surface area contributed by atoms with Crippen molar-refractivity contribution in [2.45, 2.75) is 12.5 Å². The Morgan fingerprint density at radius 2 is 2.35 bits per heavy atom. The molecule has 1 saturated heterocycles. The predicted octanol–water partition coefficient (Wildman–Crippen LogP) is 1.81. The molecule has 1 fully saturated rings. The first-order valence-electron chi connectivity index (χ1n) is 5.18. The summed E-state index contributed by atoms with van der Waals surface area (Å²) < 4.78 is 9.92. The van der Waals surface area contributed by atoms with Crippen molar-refractivity contribution in [3.8, 4) is 0 Å². The van der Waals surface area contributed by atoms with Gasteiger partial charge in [-0.2, -0.15) is 0 Å². The van der Waals surface area contributed by atoms with Crippen LogP contribution in [-0.4, -0.2) is 44.4 Å². The van der Waals surface area contributed by atoms with E-state index in [1.165, 1.54) is 18.4 Å². The van der Waals surface area contributed by atoms with Crippen molar-refractivity contribution in [3.63, 3.8) is 0 Å². The number of rotatable bonds is 3. The molecule has 1 aromatic rings. The topological polar surface area (TPSA) is 51.7 Å². The summed E-state index contributed by atoms with van der Waals surface area (Å²) in [6.45, 7) is 1.64. The largest absolute Gasteiger partial charge is 0.465 e. The van der Waals surface area contributed by atoms with Crippen molar-refractivity contribution in [2.75, 3.05) is 32.2 Å². The second-order valence-corrected chi connectivity index (χ2v) is 5.04. The number of anilines is 1. The lowest BCUT2D eigenvalue weighted by atomic mass is 10.3. The zero-order chi connectivity index (χ0) is 12.4. The van der Waals surface area contributed by atoms with E-state index in [1.807, 2.05) is 0 Å². The van der Waals surface area contributed by atoms with Gasteiger partial charge in [0.1, 0.15) is 0 Å². The van der Waals surface area contributed by atoms with Gasteiger partial charge in [0.25, 0.3) is 0 Å². The van der Waals surface area contributed by atoms with Gasteiger partial charge in [0.15, 0.2) is 15.2 Å². The van der Waals surface area contributed by atoms with Gasteiger partial charge < -0.3 is 14.4 Å². The molecule has 0 spiro atoms. The van der Waals surface area contributed by atoms with Crippen molar-refractivity contribution in [1.82, 2.24) is 4.98 Å². The molecule has 94 valence electrons. The fraction of sp³-hybridized carbons (Fsp3) is 0.600. The van der Waals surface area contributed by atoms with Gasteiger partial charge >= 0.3 is 5.97 Å². The maximum Gasteiger partial charge on any atom is 0.351 e. The van der Waals surface area contributed by atoms with Crippen LogP contribution in [0.1, 0.15) is 16.1 Å². The summed E-state index contributed by atoms with van der Waals surface area (Å²) in [5.41, 5.74) is 0. The molecule has 1 atom stereocenters. The monoisotopic (exact) mass is 276 g/mol. The summed E-state index contributed by atoms with van der Waals surface area (Å²) in [7, 11) is 3.03. The average Bonchev–Trinajstić information content (AvgIpc) is 2.94. The number of hydrogen-bond acceptors (Lipinski definition) is 6. The third-order valence-corrected chi connectivity index (χ3v) is 4.18. The van der Waals surface area contributed by atoms with Crippen LogP contribution in [0.2, 0.25) is 5.15 Å². The minimum Gasteiger partial charge on any atom is -0.465 e. The Labute approximate surface area is 108 Å². The molecule has 1 aromatic heterocycles. The van der Waals surface area contributed by atoms with E-state index in [9.17, 15) is 4.79 Å². The van der Waals surface area contributed by atoms with Gasteiger partial charge in [0.05, 0.1) is 13.2 Å². The molecule has 1 aliphatic rings. The highest BCUT2D eigenvalue weighted by Gasteiger charge is 2.27. The number of esters is 1. The summed E-state index contributed by atoms with van der Waals surface area (Å²) in [6.07, 6.45) is 1.18. The molecule has 0 saturated carbocycles. The molecule has 0 radical (unpaired) electrons. The van der Waals surface area contributed by atoms with Crippen LogP contribution in [-0.2, 0) is 9.47 Å². The summed E-state index contributed by atoms with van der Waals surface area (Å²) in [6, 6.07) is 0. The molecule has 0 N–H and O–H groups in total. The van der Waals surface area contributed by atoms with Crippen molar-refractivity contribution in [2.24, 2.45) is 0 Å². The zero-order valence-corrected chi connectivity index (χ0v) is 11.2. The van der Waals surface area contributed by atoms with Crippen LogP contribution in [0.4, 0.5) is 5.13 Å². The highest BCUT2D eigenvalue weighted by atomic mass is 35.5. The number of carbonyl (C=O) groups excluding carboxylic acids is 1. The predicted molar refractivity (Wildman–Crippen MR) is 66.1 cm³/mol. The first kappa shape index (κ1) is 12.6. The van der Waals surface area contributed by atoms with Gasteiger partial charge in [-0.15, -0.1) is 0 Å². The van der Waals surface area contributed by atoms with E-state index in [2.05, 4.69) is 14.6 Å². The lowest BCUT2D eigenvalue weighted by Gasteiger charge is -2.13. The lowest BCUT2D eigenvalue weighted by Crippen LogP contribution is -2.21. The quantitative estimate of drug-likeness (QED) is 0.788. The zero-order valence-electron chi connectivity index (χ0n) is 9.60. The van der Waals surface area contributed by atoms with Gasteiger partial charge in [-0.05, 0) is 6.42 Å². The molecular formula is C10H13ClN2O3S. The molecule has 5 nitrogen and oxygen atoms in total. The molecule has 0 amide bonds. The Bertz CT molecular complexity index is 424. The number of aromatic nitrogens is 1. The van der Waals surface area contributed by atoms with Crippen LogP contribution in [0.3, 0.4) is 0 Å². The normalized spacial score (nSPS) is 19.7. The Morgan fingerprint density at radius 3 is 2.94 bits per heavy atom. The number of halogens is 1. The van der Waals surface area contributed by atoms with Gasteiger partial charge in [-0.3, -0.25) is 0 Å². The Kier molecular flexibility index (Phi) is 3.86. The SMILES string of the molecule is COC(=O)c1sc(N2CCC(OC)C2)nc1Cl. The van der Waals surface area contributed by atoms with Crippen LogP contribution in [0.25, 0.3) is 0 Å². The Hall–Kier alpha value is -0.850. The smallest absolute Gasteiger partial charge is 0.351 e. The van der Waals surface area contributed by atoms with Gasteiger partial charge in [-0.1, -0.05) is 22.9 Å². The molecule has 0 aliphatic carbocycles. The highest BCUT2D eigenvalue weighted by molar-refractivity contribution is 7.18. The summed E-state index contributed by atoms with van der Waals surface area (Å²) in [5, 5.41) is 0.952. The number of thiazole rings is 1. The molecule has 17 heavy (non-hydrogen) atoms. The van der Waals surface area contributed by atoms with E-state index in [1.54, 1.807) is 7.11 Å². The van der Waals surface area contributed by atoms with Crippen LogP contribution >= 0.6 is 22.9 Å². The third-order valence-electron chi connectivity index (χ3n) is 2.69. The van der Waals surface area contributed by atoms with Gasteiger partial charge in [-0.25, -0.2) is 9.78 Å². The Morgan fingerprint density at radius 1 is 1.59 bits per heavy atom. The van der Waals surface area contributed by atoms with E-state index < -0.39 is 5.97 Å². The minimum absolute atomic E-state index is 0.206. The van der Waals surface area contributed by atoms with Crippen LogP contribution in [0.5, 0.6) is 0 Å². The number of ether oxygens (including phenoxy) is 2. The number of hydrogen-bond donors (Lipinski definition) is 0. The number of carbonyl (C=O) groups is 1. The van der Waals surface area contributed by atoms with Gasteiger partial charge in [0.2, 0.25) is 0 Å². The maximum absolute atomic E-state index is 11.4. The van der Waals surface area contributed by atoms with Crippen molar-refractivity contribution >= 4 is 34.0 Å². The fourth-order valence-corrected chi connectivity index (χ4v) is 2.97. The molecular weight excluding hydrogens is 264 g/mol. The van der Waals surface area contributed by atoms with E-state index in [0.717, 1.165) is 24.6 Å². The molecule has 1 aliphatic heterocycles. The molecule has 0 bridgehead atoms. The van der Waals surface area contributed by atoms with E-state index in [0.29, 0.717) is 4.88 Å². The summed E-state index contributed by atoms with van der Waals surface area (Å²) in [4.78, 5) is 18.0. The molecule has 0 aromatic carbocycles. The lowest BCUT2D eigenvalue weighted by molar-refractivity contribution is 0.0606. The van der Waals surface area contributed by atoms with Crippen molar-refractivity contribution in [3.05, 3.63) is 10.0 Å². The van der Waals surface area contributed by atoms with E-state index in [-0.39, 0.29) is 11.3 Å². The second-order valence-electron chi connectivity index (χ2n) is 3.70. The van der Waals surface area contributed by atoms with Crippen LogP contribution in [0, 0.1) is 0 Å². The van der Waals surface area contributed by atoms with Crippen molar-refractivity contribution in [1.29, 1.82) is 0 Å². The summed E-state index contributed by atoms with van der Waals surface area (Å²) >= 11 is 7.16.